The van der Waals surface area contributed by atoms with Gasteiger partial charge in [0.05, 0.1) is 16.6 Å². The number of hydrogen-bond donors (Lipinski definition) is 2. The molecule has 3 rings (SSSR count). The van der Waals surface area contributed by atoms with Gasteiger partial charge in [0.2, 0.25) is 5.91 Å². The van der Waals surface area contributed by atoms with Crippen LogP contribution in [0.4, 0.5) is 0 Å². The lowest BCUT2D eigenvalue weighted by molar-refractivity contribution is -0.123. The van der Waals surface area contributed by atoms with Crippen molar-refractivity contribution in [2.24, 2.45) is 0 Å². The zero-order chi connectivity index (χ0) is 16.4. The quantitative estimate of drug-likeness (QED) is 0.895. The van der Waals surface area contributed by atoms with Gasteiger partial charge >= 0.3 is 0 Å². The lowest BCUT2D eigenvalue weighted by atomic mass is 10.2. The predicted molar refractivity (Wildman–Crippen MR) is 83.9 cm³/mol. The van der Waals surface area contributed by atoms with Crippen LogP contribution in [0.5, 0.6) is 0 Å². The molecule has 1 fully saturated rings. The van der Waals surface area contributed by atoms with Crippen molar-refractivity contribution in [1.29, 1.82) is 0 Å². The highest BCUT2D eigenvalue weighted by atomic mass is 16.5. The van der Waals surface area contributed by atoms with E-state index >= 15 is 0 Å². The van der Waals surface area contributed by atoms with Crippen LogP contribution >= 0.6 is 0 Å². The number of carbonyl (C=O) groups excluding carboxylic acids is 2. The minimum atomic E-state index is -0.595. The van der Waals surface area contributed by atoms with Crippen molar-refractivity contribution in [2.75, 3.05) is 0 Å². The Labute approximate surface area is 133 Å². The highest BCUT2D eigenvalue weighted by Crippen LogP contribution is 2.18. The van der Waals surface area contributed by atoms with E-state index in [0.29, 0.717) is 22.4 Å². The molecule has 7 heteroatoms. The van der Waals surface area contributed by atoms with E-state index in [4.69, 9.17) is 4.52 Å². The first-order chi connectivity index (χ1) is 11.0. The van der Waals surface area contributed by atoms with Crippen LogP contribution in [0.2, 0.25) is 0 Å². The van der Waals surface area contributed by atoms with Gasteiger partial charge in [0.25, 0.3) is 11.6 Å². The van der Waals surface area contributed by atoms with Crippen molar-refractivity contribution in [3.05, 3.63) is 23.5 Å². The lowest BCUT2D eigenvalue weighted by Gasteiger charge is -2.17. The number of amides is 2. The third-order valence-corrected chi connectivity index (χ3v) is 4.21. The molecule has 7 nitrogen and oxygen atoms in total. The summed E-state index contributed by atoms with van der Waals surface area (Å²) in [4.78, 5) is 28.5. The Morgan fingerprint density at radius 3 is 2.83 bits per heavy atom. The Bertz CT molecular complexity index is 734. The zero-order valence-corrected chi connectivity index (χ0v) is 13.3. The summed E-state index contributed by atoms with van der Waals surface area (Å²) in [6.07, 6.45) is 5.74. The van der Waals surface area contributed by atoms with Crippen LogP contribution < -0.4 is 10.6 Å². The van der Waals surface area contributed by atoms with Gasteiger partial charge in [0.15, 0.2) is 0 Å². The molecule has 1 aliphatic carbocycles. The van der Waals surface area contributed by atoms with E-state index in [-0.39, 0.29) is 17.9 Å². The maximum Gasteiger partial charge on any atom is 0.257 e. The van der Waals surface area contributed by atoms with Gasteiger partial charge in [-0.1, -0.05) is 18.0 Å². The largest absolute Gasteiger partial charge is 0.352 e. The van der Waals surface area contributed by atoms with E-state index < -0.39 is 6.04 Å². The van der Waals surface area contributed by atoms with Crippen LogP contribution in [0.3, 0.4) is 0 Å². The normalized spacial score (nSPS) is 16.4. The van der Waals surface area contributed by atoms with E-state index in [0.717, 1.165) is 25.7 Å². The Morgan fingerprint density at radius 2 is 2.09 bits per heavy atom. The summed E-state index contributed by atoms with van der Waals surface area (Å²) in [5, 5.41) is 10.2. The minimum absolute atomic E-state index is 0.152. The van der Waals surface area contributed by atoms with E-state index in [1.807, 2.05) is 0 Å². The average molecular weight is 316 g/mol. The van der Waals surface area contributed by atoms with Crippen molar-refractivity contribution < 1.29 is 14.1 Å². The SMILES string of the molecule is Cc1noc2ncc(C(=O)N[C@@H](C)C(=O)NC3CCCC3)cc12. The Hall–Kier alpha value is -2.44. The molecular weight excluding hydrogens is 296 g/mol. The molecule has 0 aliphatic heterocycles. The van der Waals surface area contributed by atoms with Gasteiger partial charge in [0.1, 0.15) is 6.04 Å². The summed E-state index contributed by atoms with van der Waals surface area (Å²) in [5.74, 6) is -0.491. The van der Waals surface area contributed by atoms with Gasteiger partial charge in [0, 0.05) is 12.2 Å². The third-order valence-electron chi connectivity index (χ3n) is 4.21. The van der Waals surface area contributed by atoms with Crippen LogP contribution in [0.1, 0.15) is 48.7 Å². The molecule has 2 N–H and O–H groups in total. The molecule has 2 amide bonds. The summed E-state index contributed by atoms with van der Waals surface area (Å²) in [6.45, 7) is 3.46. The van der Waals surface area contributed by atoms with Gasteiger partial charge in [-0.2, -0.15) is 0 Å². The standard InChI is InChI=1S/C16H20N4O3/c1-9-13-7-11(8-17-16(13)23-20-9)15(22)18-10(2)14(21)19-12-5-3-4-6-12/h7-8,10,12H,3-6H2,1-2H3,(H,18,22)(H,19,21)/t10-/m0/s1. The average Bonchev–Trinajstić information content (AvgIpc) is 3.17. The van der Waals surface area contributed by atoms with Crippen LogP contribution in [-0.2, 0) is 4.79 Å². The Morgan fingerprint density at radius 1 is 1.35 bits per heavy atom. The first-order valence-corrected chi connectivity index (χ1v) is 7.88. The second-order valence-electron chi connectivity index (χ2n) is 6.03. The van der Waals surface area contributed by atoms with Gasteiger partial charge in [-0.25, -0.2) is 4.98 Å². The number of fused-ring (bicyclic) bond motifs is 1. The number of hydrogen-bond acceptors (Lipinski definition) is 5. The summed E-state index contributed by atoms with van der Waals surface area (Å²) >= 11 is 0. The monoisotopic (exact) mass is 316 g/mol. The maximum absolute atomic E-state index is 12.3. The molecule has 2 aromatic rings. The topological polar surface area (TPSA) is 97.1 Å². The molecule has 0 spiro atoms. The van der Waals surface area contributed by atoms with E-state index in [2.05, 4.69) is 20.8 Å². The fraction of sp³-hybridized carbons (Fsp3) is 0.500. The van der Waals surface area contributed by atoms with Gasteiger partial charge < -0.3 is 15.2 Å². The molecule has 2 aromatic heterocycles. The smallest absolute Gasteiger partial charge is 0.257 e. The Kier molecular flexibility index (Phi) is 4.27. The zero-order valence-electron chi connectivity index (χ0n) is 13.3. The third kappa shape index (κ3) is 3.33. The molecule has 1 saturated carbocycles. The van der Waals surface area contributed by atoms with E-state index in [1.54, 1.807) is 19.9 Å². The number of rotatable bonds is 4. The summed E-state index contributed by atoms with van der Waals surface area (Å²) < 4.78 is 5.02. The maximum atomic E-state index is 12.3. The van der Waals surface area contributed by atoms with Gasteiger partial charge in [-0.05, 0) is 32.8 Å². The van der Waals surface area contributed by atoms with Crippen LogP contribution in [0.25, 0.3) is 11.1 Å². The fourth-order valence-electron chi connectivity index (χ4n) is 2.81. The molecule has 1 aliphatic rings. The van der Waals surface area contributed by atoms with Crippen LogP contribution in [0.15, 0.2) is 16.8 Å². The predicted octanol–water partition coefficient (Wildman–Crippen LogP) is 1.71. The first kappa shape index (κ1) is 15.5. The van der Waals surface area contributed by atoms with Gasteiger partial charge in [-0.15, -0.1) is 0 Å². The Balaban J connectivity index is 1.64. The number of nitrogens with zero attached hydrogens (tertiary/aromatic N) is 2. The molecular formula is C16H20N4O3. The molecule has 23 heavy (non-hydrogen) atoms. The van der Waals surface area contributed by atoms with Crippen molar-refractivity contribution >= 4 is 22.9 Å². The second kappa shape index (κ2) is 6.36. The van der Waals surface area contributed by atoms with Crippen molar-refractivity contribution in [1.82, 2.24) is 20.8 Å². The highest BCUT2D eigenvalue weighted by Gasteiger charge is 2.22. The molecule has 0 aromatic carbocycles. The molecule has 0 radical (unpaired) electrons. The fourth-order valence-corrected chi connectivity index (χ4v) is 2.81. The lowest BCUT2D eigenvalue weighted by Crippen LogP contribution is -2.47. The van der Waals surface area contributed by atoms with Crippen molar-refractivity contribution in [3.63, 3.8) is 0 Å². The minimum Gasteiger partial charge on any atom is -0.352 e. The number of aromatic nitrogens is 2. The number of carbonyl (C=O) groups is 2. The van der Waals surface area contributed by atoms with Gasteiger partial charge in [-0.3, -0.25) is 9.59 Å². The molecule has 0 unspecified atom stereocenters. The summed E-state index contributed by atoms with van der Waals surface area (Å²) in [6, 6.07) is 1.31. The molecule has 2 heterocycles. The summed E-state index contributed by atoms with van der Waals surface area (Å²) in [5.41, 5.74) is 1.45. The molecule has 0 bridgehead atoms. The van der Waals surface area contributed by atoms with E-state index in [9.17, 15) is 9.59 Å². The van der Waals surface area contributed by atoms with Crippen molar-refractivity contribution in [3.8, 4) is 0 Å². The number of aryl methyl sites for hydroxylation is 1. The van der Waals surface area contributed by atoms with Crippen LogP contribution in [0, 0.1) is 6.92 Å². The summed E-state index contributed by atoms with van der Waals surface area (Å²) in [7, 11) is 0. The number of pyridine rings is 1. The first-order valence-electron chi connectivity index (χ1n) is 7.88. The molecule has 122 valence electrons. The van der Waals surface area contributed by atoms with Crippen LogP contribution in [-0.4, -0.2) is 34.0 Å². The second-order valence-corrected chi connectivity index (χ2v) is 6.03. The number of nitrogens with one attached hydrogen (secondary N) is 2. The van der Waals surface area contributed by atoms with E-state index in [1.165, 1.54) is 6.20 Å². The van der Waals surface area contributed by atoms with Crippen molar-refractivity contribution in [2.45, 2.75) is 51.6 Å². The molecule has 1 atom stereocenters. The highest BCUT2D eigenvalue weighted by molar-refractivity contribution is 5.99. The molecule has 0 saturated heterocycles.